The van der Waals surface area contributed by atoms with E-state index in [1.807, 2.05) is 12.1 Å². The summed E-state index contributed by atoms with van der Waals surface area (Å²) in [6.45, 7) is 4.84. The van der Waals surface area contributed by atoms with E-state index < -0.39 is 0 Å². The molecule has 3 heteroatoms. The first-order valence-corrected chi connectivity index (χ1v) is 19.1. The van der Waals surface area contributed by atoms with E-state index in [4.69, 9.17) is 0 Å². The van der Waals surface area contributed by atoms with Crippen LogP contribution in [0.25, 0.3) is 43.4 Å². The average Bonchev–Trinajstić information content (AvgIpc) is 3.24. The topological polar surface area (TPSA) is 30.3 Å². The Bertz CT molecular complexity index is 2800. The Morgan fingerprint density at radius 2 is 0.982 bits per heavy atom. The number of aryl methyl sites for hydroxylation is 1. The SMILES string of the molecule is CC1(C)CCc2cc(N(c3ccccc3)c3ccccc3)c3ccc4c(-c5ccc(C#N)cc5)cc(N(c5ccccc5)c5ccccc5)c5cc1c2c3c45. The van der Waals surface area contributed by atoms with Gasteiger partial charge in [0.25, 0.3) is 0 Å². The summed E-state index contributed by atoms with van der Waals surface area (Å²) in [5, 5.41) is 17.4. The molecular formula is C52H39N3. The van der Waals surface area contributed by atoms with Crippen molar-refractivity contribution < 1.29 is 0 Å². The molecule has 0 saturated heterocycles. The summed E-state index contributed by atoms with van der Waals surface area (Å²) >= 11 is 0. The smallest absolute Gasteiger partial charge is 0.0991 e. The summed E-state index contributed by atoms with van der Waals surface area (Å²) in [6.07, 6.45) is 2.08. The number of anilines is 6. The van der Waals surface area contributed by atoms with E-state index in [-0.39, 0.29) is 5.41 Å². The largest absolute Gasteiger partial charge is 0.310 e. The first kappa shape index (κ1) is 32.7. The van der Waals surface area contributed by atoms with E-state index in [0.717, 1.165) is 52.4 Å². The minimum absolute atomic E-state index is 0.0206. The second-order valence-corrected chi connectivity index (χ2v) is 15.3. The van der Waals surface area contributed by atoms with Gasteiger partial charge >= 0.3 is 0 Å². The van der Waals surface area contributed by atoms with E-state index in [1.165, 1.54) is 49.1 Å². The molecule has 3 nitrogen and oxygen atoms in total. The Morgan fingerprint density at radius 3 is 1.49 bits per heavy atom. The van der Waals surface area contributed by atoms with Gasteiger partial charge in [-0.2, -0.15) is 5.26 Å². The average molecular weight is 706 g/mol. The van der Waals surface area contributed by atoms with E-state index in [1.54, 1.807) is 0 Å². The predicted molar refractivity (Wildman–Crippen MR) is 231 cm³/mol. The summed E-state index contributed by atoms with van der Waals surface area (Å²) < 4.78 is 0. The standard InChI is InChI=1S/C52H39N3/c1-52(2)30-29-37-31-47(54(38-15-7-3-8-16-38)39-17-9-4-10-18-39)43-28-27-42-44(36-25-23-35(34-53)24-26-36)33-48(45-32-46(52)49(37)51(43)50(42)45)55(40-19-11-5-12-20-40)41-21-13-6-14-22-41/h3-28,31-33H,29-30H2,1-2H3. The molecule has 0 amide bonds. The lowest BCUT2D eigenvalue weighted by molar-refractivity contribution is 0.475. The zero-order valence-electron chi connectivity index (χ0n) is 31.0. The maximum Gasteiger partial charge on any atom is 0.0991 e. The molecule has 262 valence electrons. The van der Waals surface area contributed by atoms with Crippen molar-refractivity contribution in [3.8, 4) is 17.2 Å². The number of para-hydroxylation sites is 4. The van der Waals surface area contributed by atoms with E-state index >= 15 is 0 Å². The van der Waals surface area contributed by atoms with Crippen LogP contribution in [-0.2, 0) is 11.8 Å². The number of hydrogen-bond acceptors (Lipinski definition) is 3. The van der Waals surface area contributed by atoms with Crippen molar-refractivity contribution in [3.05, 3.63) is 193 Å². The molecule has 0 saturated carbocycles. The molecule has 55 heavy (non-hydrogen) atoms. The molecule has 9 aromatic rings. The van der Waals surface area contributed by atoms with Crippen LogP contribution in [0.1, 0.15) is 37.0 Å². The summed E-state index contributed by atoms with van der Waals surface area (Å²) in [4.78, 5) is 4.86. The van der Waals surface area contributed by atoms with E-state index in [0.29, 0.717) is 5.56 Å². The lowest BCUT2D eigenvalue weighted by atomic mass is 9.70. The molecule has 1 aliphatic carbocycles. The summed E-state index contributed by atoms with van der Waals surface area (Å²) in [5.41, 5.74) is 12.5. The van der Waals surface area contributed by atoms with E-state index in [9.17, 15) is 5.26 Å². The Balaban J connectivity index is 1.40. The van der Waals surface area contributed by atoms with Crippen LogP contribution in [0.2, 0.25) is 0 Å². The molecule has 10 rings (SSSR count). The normalized spacial score (nSPS) is 13.3. The van der Waals surface area contributed by atoms with Gasteiger partial charge in [-0.25, -0.2) is 0 Å². The van der Waals surface area contributed by atoms with Gasteiger partial charge in [0.05, 0.1) is 23.0 Å². The monoisotopic (exact) mass is 705 g/mol. The van der Waals surface area contributed by atoms with E-state index in [2.05, 4.69) is 194 Å². The minimum atomic E-state index is -0.0206. The van der Waals surface area contributed by atoms with Gasteiger partial charge in [0.15, 0.2) is 0 Å². The molecule has 0 atom stereocenters. The molecule has 0 aliphatic heterocycles. The van der Waals surface area contributed by atoms with Gasteiger partial charge in [-0.15, -0.1) is 0 Å². The predicted octanol–water partition coefficient (Wildman–Crippen LogP) is 14.3. The highest BCUT2D eigenvalue weighted by molar-refractivity contribution is 6.32. The van der Waals surface area contributed by atoms with Gasteiger partial charge in [0, 0.05) is 44.3 Å². The van der Waals surface area contributed by atoms with Crippen molar-refractivity contribution in [2.45, 2.75) is 32.1 Å². The van der Waals surface area contributed by atoms with Crippen molar-refractivity contribution in [1.82, 2.24) is 0 Å². The van der Waals surface area contributed by atoms with Crippen LogP contribution in [-0.4, -0.2) is 0 Å². The Hall–Kier alpha value is -6.89. The summed E-state index contributed by atoms with van der Waals surface area (Å²) in [6, 6.07) is 65.5. The van der Waals surface area contributed by atoms with Gasteiger partial charge in [0.2, 0.25) is 0 Å². The zero-order chi connectivity index (χ0) is 37.1. The van der Waals surface area contributed by atoms with Gasteiger partial charge < -0.3 is 9.80 Å². The second kappa shape index (κ2) is 12.9. The first-order valence-electron chi connectivity index (χ1n) is 19.1. The third-order valence-electron chi connectivity index (χ3n) is 11.7. The van der Waals surface area contributed by atoms with Crippen LogP contribution in [0.3, 0.4) is 0 Å². The lowest BCUT2D eigenvalue weighted by Crippen LogP contribution is -2.24. The van der Waals surface area contributed by atoms with Gasteiger partial charge in [-0.3, -0.25) is 0 Å². The van der Waals surface area contributed by atoms with Crippen molar-refractivity contribution in [2.24, 2.45) is 0 Å². The van der Waals surface area contributed by atoms with Crippen LogP contribution >= 0.6 is 0 Å². The van der Waals surface area contributed by atoms with Gasteiger partial charge in [-0.05, 0) is 130 Å². The first-order chi connectivity index (χ1) is 27.0. The third kappa shape index (κ3) is 5.33. The van der Waals surface area contributed by atoms with Crippen LogP contribution in [0.4, 0.5) is 34.1 Å². The highest BCUT2D eigenvalue weighted by atomic mass is 15.1. The third-order valence-corrected chi connectivity index (χ3v) is 11.7. The fourth-order valence-electron chi connectivity index (χ4n) is 8.95. The molecule has 0 fully saturated rings. The Morgan fingerprint density at radius 1 is 0.491 bits per heavy atom. The van der Waals surface area contributed by atoms with Crippen LogP contribution in [0.15, 0.2) is 176 Å². The zero-order valence-corrected chi connectivity index (χ0v) is 31.0. The Kier molecular flexibility index (Phi) is 7.68. The van der Waals surface area contributed by atoms with Crippen LogP contribution < -0.4 is 9.80 Å². The fourth-order valence-corrected chi connectivity index (χ4v) is 8.95. The molecule has 0 aromatic heterocycles. The molecule has 0 spiro atoms. The molecule has 0 bridgehead atoms. The number of nitrogens with zero attached hydrogens (tertiary/aromatic N) is 3. The Labute approximate surface area is 322 Å². The molecule has 0 radical (unpaired) electrons. The number of nitriles is 1. The highest BCUT2D eigenvalue weighted by Crippen LogP contribution is 2.54. The van der Waals surface area contributed by atoms with Gasteiger partial charge in [0.1, 0.15) is 0 Å². The second-order valence-electron chi connectivity index (χ2n) is 15.3. The summed E-state index contributed by atoms with van der Waals surface area (Å²) in [7, 11) is 0. The quantitative estimate of drug-likeness (QED) is 0.155. The van der Waals surface area contributed by atoms with Gasteiger partial charge in [-0.1, -0.05) is 111 Å². The highest BCUT2D eigenvalue weighted by Gasteiger charge is 2.33. The fraction of sp³-hybridized carbons (Fsp3) is 0.0962. The van der Waals surface area contributed by atoms with Crippen molar-refractivity contribution in [3.63, 3.8) is 0 Å². The molecule has 0 N–H and O–H groups in total. The molecule has 0 unspecified atom stereocenters. The minimum Gasteiger partial charge on any atom is -0.310 e. The van der Waals surface area contributed by atoms with Crippen molar-refractivity contribution >= 4 is 66.4 Å². The van der Waals surface area contributed by atoms with Crippen LogP contribution in [0.5, 0.6) is 0 Å². The lowest BCUT2D eigenvalue weighted by Gasteiger charge is -2.37. The molecule has 0 heterocycles. The molecule has 9 aromatic carbocycles. The van der Waals surface area contributed by atoms with Crippen molar-refractivity contribution in [1.29, 1.82) is 5.26 Å². The number of hydrogen-bond donors (Lipinski definition) is 0. The maximum absolute atomic E-state index is 9.72. The van der Waals surface area contributed by atoms with Crippen molar-refractivity contribution in [2.75, 3.05) is 9.80 Å². The van der Waals surface area contributed by atoms with Crippen LogP contribution in [0, 0.1) is 11.3 Å². The molecule has 1 aliphatic rings. The summed E-state index contributed by atoms with van der Waals surface area (Å²) in [5.74, 6) is 0. The number of benzene rings is 9. The molecular weight excluding hydrogens is 667 g/mol. The number of rotatable bonds is 7. The maximum atomic E-state index is 9.72.